The number of carbonyl (C=O) groups excluding carboxylic acids is 1. The number of hydrogen-bond donors (Lipinski definition) is 1. The highest BCUT2D eigenvalue weighted by Crippen LogP contribution is 2.46. The minimum atomic E-state index is -0.0931. The van der Waals surface area contributed by atoms with Crippen LogP contribution in [0.15, 0.2) is 36.4 Å². The zero-order chi connectivity index (χ0) is 18.5. The molecular formula is C21H24N4O2. The number of aromatic nitrogens is 2. The fraction of sp³-hybridized carbons (Fsp3) is 0.429. The molecule has 6 nitrogen and oxygen atoms in total. The summed E-state index contributed by atoms with van der Waals surface area (Å²) in [5.74, 6) is 1.63. The third-order valence-electron chi connectivity index (χ3n) is 6.14. The molecule has 2 aliphatic rings. The Labute approximate surface area is 158 Å². The second-order valence-electron chi connectivity index (χ2n) is 7.67. The van der Waals surface area contributed by atoms with E-state index in [1.54, 1.807) is 7.11 Å². The van der Waals surface area contributed by atoms with Gasteiger partial charge in [0.2, 0.25) is 5.91 Å². The fourth-order valence-electron chi connectivity index (χ4n) is 4.84. The Morgan fingerprint density at radius 3 is 2.85 bits per heavy atom. The smallest absolute Gasteiger partial charge is 0.237 e. The Morgan fingerprint density at radius 1 is 1.30 bits per heavy atom. The molecule has 0 saturated carbocycles. The molecule has 5 rings (SSSR count). The molecular weight excluding hydrogens is 340 g/mol. The monoisotopic (exact) mass is 364 g/mol. The molecule has 0 radical (unpaired) electrons. The van der Waals surface area contributed by atoms with Gasteiger partial charge in [-0.05, 0) is 36.4 Å². The number of likely N-dealkylation sites (tertiary alicyclic amines) is 1. The van der Waals surface area contributed by atoms with Crippen molar-refractivity contribution in [2.75, 3.05) is 27.3 Å². The molecule has 6 heteroatoms. The van der Waals surface area contributed by atoms with Crippen molar-refractivity contribution in [3.05, 3.63) is 42.2 Å². The molecule has 1 fully saturated rings. The maximum absolute atomic E-state index is 12.6. The molecule has 3 heterocycles. The second kappa shape index (κ2) is 6.32. The number of imidazole rings is 1. The molecule has 140 valence electrons. The summed E-state index contributed by atoms with van der Waals surface area (Å²) in [5, 5.41) is 5.45. The van der Waals surface area contributed by atoms with Gasteiger partial charge in [-0.15, -0.1) is 0 Å². The van der Waals surface area contributed by atoms with Gasteiger partial charge in [-0.3, -0.25) is 9.69 Å². The molecule has 3 atom stereocenters. The van der Waals surface area contributed by atoms with E-state index in [9.17, 15) is 4.79 Å². The van der Waals surface area contributed by atoms with Crippen LogP contribution in [0.4, 0.5) is 0 Å². The highest BCUT2D eigenvalue weighted by atomic mass is 16.5. The van der Waals surface area contributed by atoms with E-state index in [2.05, 4.69) is 58.2 Å². The SMILES string of the molecule is COCCNC(=O)C1CC2Cn3c(nc4cc5ccccc5cc43)C2N1C. The van der Waals surface area contributed by atoms with Gasteiger partial charge in [-0.1, -0.05) is 24.3 Å². The molecule has 0 bridgehead atoms. The minimum absolute atomic E-state index is 0.0931. The fourth-order valence-corrected chi connectivity index (χ4v) is 4.84. The van der Waals surface area contributed by atoms with E-state index in [1.807, 2.05) is 0 Å². The summed E-state index contributed by atoms with van der Waals surface area (Å²) in [6.45, 7) is 2.03. The lowest BCUT2D eigenvalue weighted by atomic mass is 10.0. The Bertz CT molecular complexity index is 1030. The van der Waals surface area contributed by atoms with Crippen LogP contribution >= 0.6 is 0 Å². The van der Waals surface area contributed by atoms with Crippen molar-refractivity contribution >= 4 is 27.7 Å². The summed E-state index contributed by atoms with van der Waals surface area (Å²) < 4.78 is 7.38. The van der Waals surface area contributed by atoms with Crippen molar-refractivity contribution < 1.29 is 9.53 Å². The van der Waals surface area contributed by atoms with Crippen molar-refractivity contribution in [1.82, 2.24) is 19.8 Å². The Hall–Kier alpha value is -2.44. The minimum Gasteiger partial charge on any atom is -0.383 e. The zero-order valence-electron chi connectivity index (χ0n) is 15.7. The number of methoxy groups -OCH3 is 1. The molecule has 3 aromatic rings. The molecule has 1 saturated heterocycles. The van der Waals surface area contributed by atoms with Gasteiger partial charge in [0.1, 0.15) is 5.82 Å². The number of benzene rings is 2. The number of likely N-dealkylation sites (N-methyl/N-ethyl adjacent to an activating group) is 1. The number of ether oxygens (including phenoxy) is 1. The number of amides is 1. The normalized spacial score (nSPS) is 24.4. The van der Waals surface area contributed by atoms with Crippen molar-refractivity contribution in [1.29, 1.82) is 0 Å². The summed E-state index contributed by atoms with van der Waals surface area (Å²) in [6, 6.07) is 13.0. The number of rotatable bonds is 4. The topological polar surface area (TPSA) is 59.4 Å². The van der Waals surface area contributed by atoms with Crippen LogP contribution < -0.4 is 5.32 Å². The molecule has 1 aromatic heterocycles. The summed E-state index contributed by atoms with van der Waals surface area (Å²) in [5.41, 5.74) is 2.25. The van der Waals surface area contributed by atoms with Gasteiger partial charge >= 0.3 is 0 Å². The maximum atomic E-state index is 12.6. The van der Waals surface area contributed by atoms with Crippen molar-refractivity contribution in [2.24, 2.45) is 5.92 Å². The van der Waals surface area contributed by atoms with Crippen LogP contribution in [0.2, 0.25) is 0 Å². The molecule has 1 amide bonds. The average molecular weight is 364 g/mol. The molecule has 0 spiro atoms. The molecule has 27 heavy (non-hydrogen) atoms. The first kappa shape index (κ1) is 16.7. The first-order valence-corrected chi connectivity index (χ1v) is 9.55. The lowest BCUT2D eigenvalue weighted by Gasteiger charge is -2.23. The average Bonchev–Trinajstić information content (AvgIpc) is 3.29. The number of nitrogens with one attached hydrogen (secondary N) is 1. The van der Waals surface area contributed by atoms with Crippen molar-refractivity contribution in [2.45, 2.75) is 25.0 Å². The van der Waals surface area contributed by atoms with Crippen LogP contribution in [-0.4, -0.2) is 53.7 Å². The van der Waals surface area contributed by atoms with E-state index in [4.69, 9.17) is 9.72 Å². The summed E-state index contributed by atoms with van der Waals surface area (Å²) >= 11 is 0. The zero-order valence-corrected chi connectivity index (χ0v) is 15.7. The highest BCUT2D eigenvalue weighted by Gasteiger charge is 2.48. The first-order valence-electron chi connectivity index (χ1n) is 9.55. The first-order chi connectivity index (χ1) is 13.2. The van der Waals surface area contributed by atoms with Crippen LogP contribution in [0.3, 0.4) is 0 Å². The van der Waals surface area contributed by atoms with Crippen LogP contribution in [0.1, 0.15) is 18.3 Å². The highest BCUT2D eigenvalue weighted by molar-refractivity contribution is 5.95. The van der Waals surface area contributed by atoms with Crippen LogP contribution in [0, 0.1) is 5.92 Å². The Balaban J connectivity index is 1.46. The molecule has 0 aliphatic carbocycles. The molecule has 1 N–H and O–H groups in total. The summed E-state index contributed by atoms with van der Waals surface area (Å²) in [6.07, 6.45) is 0.873. The van der Waals surface area contributed by atoms with Gasteiger partial charge in [0.25, 0.3) is 0 Å². The maximum Gasteiger partial charge on any atom is 0.237 e. The van der Waals surface area contributed by atoms with Gasteiger partial charge in [0.05, 0.1) is 29.7 Å². The number of fused-ring (bicyclic) bond motifs is 6. The van der Waals surface area contributed by atoms with Crippen LogP contribution in [0.5, 0.6) is 0 Å². The van der Waals surface area contributed by atoms with E-state index in [0.29, 0.717) is 19.1 Å². The number of carbonyl (C=O) groups is 1. The van der Waals surface area contributed by atoms with E-state index in [1.165, 1.54) is 16.3 Å². The van der Waals surface area contributed by atoms with Gasteiger partial charge in [0, 0.05) is 26.1 Å². The largest absolute Gasteiger partial charge is 0.383 e. The van der Waals surface area contributed by atoms with Gasteiger partial charge < -0.3 is 14.6 Å². The quantitative estimate of drug-likeness (QED) is 0.722. The predicted octanol–water partition coefficient (Wildman–Crippen LogP) is 2.33. The summed E-state index contributed by atoms with van der Waals surface area (Å²) in [4.78, 5) is 19.7. The standard InChI is InChI=1S/C21H24N4O2/c1-24-18(21(26)22-7-8-27-2)11-15-12-25-17-10-14-6-4-3-5-13(14)9-16(17)23-20(25)19(15)24/h3-6,9-10,15,18-19H,7-8,11-12H2,1-2H3,(H,22,26). The third-order valence-corrected chi connectivity index (χ3v) is 6.14. The number of hydrogen-bond acceptors (Lipinski definition) is 4. The van der Waals surface area contributed by atoms with Crippen LogP contribution in [-0.2, 0) is 16.1 Å². The third kappa shape index (κ3) is 2.55. The van der Waals surface area contributed by atoms with E-state index >= 15 is 0 Å². The van der Waals surface area contributed by atoms with Crippen LogP contribution in [0.25, 0.3) is 21.8 Å². The van der Waals surface area contributed by atoms with Gasteiger partial charge in [-0.25, -0.2) is 4.98 Å². The molecule has 3 unspecified atom stereocenters. The lowest BCUT2D eigenvalue weighted by Crippen LogP contribution is -2.43. The molecule has 2 aliphatic heterocycles. The van der Waals surface area contributed by atoms with Crippen molar-refractivity contribution in [3.8, 4) is 0 Å². The second-order valence-corrected chi connectivity index (χ2v) is 7.67. The predicted molar refractivity (Wildman–Crippen MR) is 105 cm³/mol. The van der Waals surface area contributed by atoms with Gasteiger partial charge in [-0.2, -0.15) is 0 Å². The Kier molecular flexibility index (Phi) is 3.91. The van der Waals surface area contributed by atoms with Gasteiger partial charge in [0.15, 0.2) is 0 Å². The Morgan fingerprint density at radius 2 is 2.07 bits per heavy atom. The molecule has 2 aromatic carbocycles. The van der Waals surface area contributed by atoms with E-state index in [0.717, 1.165) is 24.3 Å². The summed E-state index contributed by atoms with van der Waals surface area (Å²) in [7, 11) is 3.70. The lowest BCUT2D eigenvalue weighted by molar-refractivity contribution is -0.125. The van der Waals surface area contributed by atoms with E-state index in [-0.39, 0.29) is 18.0 Å². The van der Waals surface area contributed by atoms with E-state index < -0.39 is 0 Å². The van der Waals surface area contributed by atoms with Crippen molar-refractivity contribution in [3.63, 3.8) is 0 Å². The number of nitrogens with zero attached hydrogens (tertiary/aromatic N) is 3.